The molecule has 2 fully saturated rings. The Morgan fingerprint density at radius 3 is 2.59 bits per heavy atom. The minimum atomic E-state index is -0.651. The number of aromatic nitrogens is 1. The van der Waals surface area contributed by atoms with E-state index in [1.54, 1.807) is 13.3 Å². The molecule has 8 nitrogen and oxygen atoms in total. The van der Waals surface area contributed by atoms with Crippen molar-refractivity contribution in [3.8, 4) is 5.75 Å². The van der Waals surface area contributed by atoms with Crippen molar-refractivity contribution in [3.63, 3.8) is 0 Å². The molecule has 1 saturated carbocycles. The molecule has 0 bridgehead atoms. The summed E-state index contributed by atoms with van der Waals surface area (Å²) < 4.78 is 21.9. The third-order valence-electron chi connectivity index (χ3n) is 5.99. The van der Waals surface area contributed by atoms with Crippen LogP contribution in [-0.4, -0.2) is 42.1 Å². The maximum absolute atomic E-state index is 12.1. The Morgan fingerprint density at radius 2 is 1.91 bits per heavy atom. The Morgan fingerprint density at radius 1 is 1.16 bits per heavy atom. The van der Waals surface area contributed by atoms with Crippen molar-refractivity contribution in [2.24, 2.45) is 5.92 Å². The second kappa shape index (κ2) is 8.84. The van der Waals surface area contributed by atoms with Crippen LogP contribution in [0.3, 0.4) is 0 Å². The summed E-state index contributed by atoms with van der Waals surface area (Å²) in [5.41, 5.74) is 1.13. The van der Waals surface area contributed by atoms with E-state index in [0.717, 1.165) is 42.1 Å². The third-order valence-corrected chi connectivity index (χ3v) is 5.99. The molecule has 1 aromatic carbocycles. The molecule has 32 heavy (non-hydrogen) atoms. The van der Waals surface area contributed by atoms with Crippen LogP contribution in [-0.2, 0) is 14.2 Å². The fourth-order valence-corrected chi connectivity index (χ4v) is 4.53. The van der Waals surface area contributed by atoms with Gasteiger partial charge in [0.1, 0.15) is 17.5 Å². The first-order valence-corrected chi connectivity index (χ1v) is 11.0. The number of nitrogens with one attached hydrogen (secondary N) is 1. The van der Waals surface area contributed by atoms with Gasteiger partial charge in [-0.2, -0.15) is 0 Å². The lowest BCUT2D eigenvalue weighted by molar-refractivity contribution is 0.0436. The van der Waals surface area contributed by atoms with Crippen molar-refractivity contribution in [2.75, 3.05) is 7.11 Å². The molecule has 0 spiro atoms. The Bertz CT molecular complexity index is 994. The van der Waals surface area contributed by atoms with Gasteiger partial charge in [-0.25, -0.2) is 9.59 Å². The number of hydrogen-bond acceptors (Lipinski definition) is 7. The number of rotatable bonds is 4. The topological polar surface area (TPSA) is 96.0 Å². The minimum absolute atomic E-state index is 0.0450. The Hall–Kier alpha value is -3.03. The first-order chi connectivity index (χ1) is 15.2. The van der Waals surface area contributed by atoms with Crippen LogP contribution in [0.4, 0.5) is 9.59 Å². The van der Waals surface area contributed by atoms with Crippen molar-refractivity contribution in [1.29, 1.82) is 0 Å². The first-order valence-electron chi connectivity index (χ1n) is 11.0. The zero-order chi connectivity index (χ0) is 22.9. The van der Waals surface area contributed by atoms with Crippen LogP contribution in [0.5, 0.6) is 5.75 Å². The summed E-state index contributed by atoms with van der Waals surface area (Å²) in [7, 11) is 1.59. The number of hydrogen-bond donors (Lipinski definition) is 1. The Balaban J connectivity index is 1.47. The lowest BCUT2D eigenvalue weighted by Gasteiger charge is -2.33. The smallest absolute Gasteiger partial charge is 0.495 e. The average Bonchev–Trinajstić information content (AvgIpc) is 3.13. The molecular formula is C24H30N2O6. The molecule has 2 heterocycles. The SMILES string of the molecule is COc1cnc2cccc([C@H]3OC(=O)O[C@@H]3C3CCC(NC(=O)OC(C)(C)C)CC3)c2c1. The zero-order valence-electron chi connectivity index (χ0n) is 18.9. The van der Waals surface area contributed by atoms with E-state index in [4.69, 9.17) is 18.9 Å². The first kappa shape index (κ1) is 22.2. The van der Waals surface area contributed by atoms with E-state index in [2.05, 4.69) is 10.3 Å². The largest absolute Gasteiger partial charge is 0.509 e. The van der Waals surface area contributed by atoms with Gasteiger partial charge in [-0.05, 0) is 58.6 Å². The average molecular weight is 443 g/mol. The van der Waals surface area contributed by atoms with Crippen molar-refractivity contribution in [3.05, 3.63) is 36.0 Å². The standard InChI is InChI=1S/C24H30N2O6/c1-24(2,3)32-22(27)26-15-10-8-14(9-11-15)20-21(31-23(28)30-20)17-6-5-7-19-18(17)12-16(29-4)13-25-19/h5-7,12-15,20-21H,8-11H2,1-4H3,(H,26,27)/t14?,15?,20-,21-/m1/s1. The molecule has 1 aliphatic carbocycles. The van der Waals surface area contributed by atoms with E-state index < -0.39 is 24.0 Å². The molecule has 1 aliphatic heterocycles. The number of alkyl carbamates (subject to hydrolysis) is 1. The highest BCUT2D eigenvalue weighted by atomic mass is 16.8. The highest BCUT2D eigenvalue weighted by Crippen LogP contribution is 2.42. The number of methoxy groups -OCH3 is 1. The van der Waals surface area contributed by atoms with Crippen LogP contribution in [0.1, 0.15) is 58.1 Å². The van der Waals surface area contributed by atoms with Crippen LogP contribution < -0.4 is 10.1 Å². The number of ether oxygens (including phenoxy) is 4. The number of fused-ring (bicyclic) bond motifs is 1. The second-order valence-electron chi connectivity index (χ2n) is 9.42. The fourth-order valence-electron chi connectivity index (χ4n) is 4.53. The van der Waals surface area contributed by atoms with Gasteiger partial charge in [0, 0.05) is 22.9 Å². The summed E-state index contributed by atoms with van der Waals surface area (Å²) in [5, 5.41) is 3.83. The predicted octanol–water partition coefficient (Wildman–Crippen LogP) is 4.90. The van der Waals surface area contributed by atoms with E-state index in [1.807, 2.05) is 45.0 Å². The molecule has 1 N–H and O–H groups in total. The van der Waals surface area contributed by atoms with E-state index in [1.165, 1.54) is 0 Å². The molecule has 2 atom stereocenters. The highest BCUT2D eigenvalue weighted by Gasteiger charge is 2.44. The van der Waals surface area contributed by atoms with Gasteiger partial charge in [0.05, 0.1) is 18.8 Å². The molecule has 2 aromatic rings. The lowest BCUT2D eigenvalue weighted by atomic mass is 9.79. The monoisotopic (exact) mass is 442 g/mol. The van der Waals surface area contributed by atoms with Crippen LogP contribution >= 0.6 is 0 Å². The predicted molar refractivity (Wildman–Crippen MR) is 118 cm³/mol. The summed E-state index contributed by atoms with van der Waals surface area (Å²) in [6, 6.07) is 7.71. The minimum Gasteiger partial charge on any atom is -0.495 e. The molecule has 0 unspecified atom stereocenters. The number of pyridine rings is 1. The molecular weight excluding hydrogens is 412 g/mol. The molecule has 4 rings (SSSR count). The van der Waals surface area contributed by atoms with Gasteiger partial charge in [0.25, 0.3) is 0 Å². The van der Waals surface area contributed by atoms with E-state index in [9.17, 15) is 9.59 Å². The van der Waals surface area contributed by atoms with Gasteiger partial charge in [-0.3, -0.25) is 4.98 Å². The van der Waals surface area contributed by atoms with Gasteiger partial charge in [-0.15, -0.1) is 0 Å². The molecule has 2 aliphatic rings. The molecule has 172 valence electrons. The number of benzene rings is 1. The summed E-state index contributed by atoms with van der Waals surface area (Å²) in [6.07, 6.45) is 2.91. The molecule has 8 heteroatoms. The molecule has 1 saturated heterocycles. The van der Waals surface area contributed by atoms with Crippen LogP contribution in [0.25, 0.3) is 10.9 Å². The Labute approximate surface area is 187 Å². The summed E-state index contributed by atoms with van der Waals surface area (Å²) >= 11 is 0. The van der Waals surface area contributed by atoms with Gasteiger partial charge in [0.15, 0.2) is 6.10 Å². The second-order valence-corrected chi connectivity index (χ2v) is 9.42. The van der Waals surface area contributed by atoms with Crippen LogP contribution in [0, 0.1) is 5.92 Å². The quantitative estimate of drug-likeness (QED) is 0.673. The lowest BCUT2D eigenvalue weighted by Crippen LogP contribution is -2.42. The van der Waals surface area contributed by atoms with Crippen LogP contribution in [0.2, 0.25) is 0 Å². The number of cyclic esters (lactones) is 2. The van der Waals surface area contributed by atoms with Crippen LogP contribution in [0.15, 0.2) is 30.5 Å². The van der Waals surface area contributed by atoms with Gasteiger partial charge < -0.3 is 24.3 Å². The van der Waals surface area contributed by atoms with Crippen molar-refractivity contribution in [1.82, 2.24) is 10.3 Å². The summed E-state index contributed by atoms with van der Waals surface area (Å²) in [6.45, 7) is 5.53. The van der Waals surface area contributed by atoms with Crippen molar-refractivity contribution in [2.45, 2.75) is 70.3 Å². The highest BCUT2D eigenvalue weighted by molar-refractivity contribution is 5.84. The van der Waals surface area contributed by atoms with E-state index >= 15 is 0 Å². The van der Waals surface area contributed by atoms with Gasteiger partial charge >= 0.3 is 12.2 Å². The van der Waals surface area contributed by atoms with Gasteiger partial charge in [0.2, 0.25) is 0 Å². The zero-order valence-corrected chi connectivity index (χ0v) is 18.9. The third kappa shape index (κ3) is 4.89. The number of carbonyl (C=O) groups excluding carboxylic acids is 2. The van der Waals surface area contributed by atoms with E-state index in [-0.39, 0.29) is 18.1 Å². The fraction of sp³-hybridized carbons (Fsp3) is 0.542. The number of nitrogens with zero attached hydrogens (tertiary/aromatic N) is 1. The van der Waals surface area contributed by atoms with Crippen molar-refractivity contribution >= 4 is 23.2 Å². The molecule has 1 amide bonds. The van der Waals surface area contributed by atoms with Crippen molar-refractivity contribution < 1.29 is 28.5 Å². The molecule has 1 aromatic heterocycles. The van der Waals surface area contributed by atoms with E-state index in [0.29, 0.717) is 5.75 Å². The maximum Gasteiger partial charge on any atom is 0.509 e. The normalized spacial score (nSPS) is 25.7. The molecule has 0 radical (unpaired) electrons. The maximum atomic E-state index is 12.1. The summed E-state index contributed by atoms with van der Waals surface area (Å²) in [5.74, 6) is 0.775. The Kier molecular flexibility index (Phi) is 6.13. The number of carbonyl (C=O) groups is 2. The number of amides is 1. The van der Waals surface area contributed by atoms with Gasteiger partial charge in [-0.1, -0.05) is 12.1 Å². The summed E-state index contributed by atoms with van der Waals surface area (Å²) in [4.78, 5) is 28.7.